The van der Waals surface area contributed by atoms with E-state index in [0.29, 0.717) is 5.69 Å². The SMILES string of the molecule is O=C(c1ccc(C(F)(F)F)cc1)N(Cc1cnc2ccccn12)c1ccccc1. The van der Waals surface area contributed by atoms with Crippen LogP contribution in [0.2, 0.25) is 0 Å². The minimum atomic E-state index is -4.45. The number of amides is 1. The highest BCUT2D eigenvalue weighted by atomic mass is 19.4. The molecule has 2 heterocycles. The maximum atomic E-state index is 13.2. The zero-order valence-corrected chi connectivity index (χ0v) is 15.2. The second-order valence-corrected chi connectivity index (χ2v) is 6.48. The lowest BCUT2D eigenvalue weighted by Crippen LogP contribution is -2.31. The number of rotatable bonds is 4. The molecule has 0 saturated carbocycles. The van der Waals surface area contributed by atoms with E-state index < -0.39 is 17.6 Å². The fourth-order valence-corrected chi connectivity index (χ4v) is 3.11. The number of nitrogens with zero attached hydrogens (tertiary/aromatic N) is 3. The summed E-state index contributed by atoms with van der Waals surface area (Å²) in [5.74, 6) is -0.393. The molecule has 4 rings (SSSR count). The number of hydrogen-bond acceptors (Lipinski definition) is 2. The molecule has 4 aromatic rings. The Balaban J connectivity index is 1.70. The highest BCUT2D eigenvalue weighted by Gasteiger charge is 2.30. The van der Waals surface area contributed by atoms with Gasteiger partial charge in [-0.2, -0.15) is 13.2 Å². The fourth-order valence-electron chi connectivity index (χ4n) is 3.11. The van der Waals surface area contributed by atoms with Crippen LogP contribution in [0.1, 0.15) is 21.6 Å². The number of fused-ring (bicyclic) bond motifs is 1. The minimum Gasteiger partial charge on any atom is -0.302 e. The third kappa shape index (κ3) is 3.85. The van der Waals surface area contributed by atoms with Crippen molar-refractivity contribution in [3.8, 4) is 0 Å². The number of anilines is 1. The standard InChI is InChI=1S/C22H16F3N3O/c23-22(24,25)17-11-9-16(10-12-17)21(29)28(18-6-2-1-3-7-18)15-19-14-26-20-8-4-5-13-27(19)20/h1-14H,15H2. The average Bonchev–Trinajstić information content (AvgIpc) is 3.14. The van der Waals surface area contributed by atoms with Gasteiger partial charge in [0.05, 0.1) is 24.0 Å². The molecular formula is C22H16F3N3O. The molecule has 0 spiro atoms. The van der Waals surface area contributed by atoms with Gasteiger partial charge in [-0.3, -0.25) is 4.79 Å². The molecule has 146 valence electrons. The first-order chi connectivity index (χ1) is 13.9. The summed E-state index contributed by atoms with van der Waals surface area (Å²) < 4.78 is 40.4. The van der Waals surface area contributed by atoms with Gasteiger partial charge in [0.15, 0.2) is 0 Å². The van der Waals surface area contributed by atoms with E-state index in [2.05, 4.69) is 4.98 Å². The summed E-state index contributed by atoms with van der Waals surface area (Å²) in [6.07, 6.45) is -0.911. The van der Waals surface area contributed by atoms with Gasteiger partial charge in [0.2, 0.25) is 0 Å². The van der Waals surface area contributed by atoms with Crippen molar-refractivity contribution in [3.63, 3.8) is 0 Å². The molecule has 0 radical (unpaired) electrons. The predicted molar refractivity (Wildman–Crippen MR) is 104 cm³/mol. The summed E-state index contributed by atoms with van der Waals surface area (Å²) in [6.45, 7) is 0.217. The molecule has 0 bridgehead atoms. The lowest BCUT2D eigenvalue weighted by molar-refractivity contribution is -0.137. The van der Waals surface area contributed by atoms with Gasteiger partial charge in [-0.1, -0.05) is 24.3 Å². The molecule has 29 heavy (non-hydrogen) atoms. The summed E-state index contributed by atoms with van der Waals surface area (Å²) in [6, 6.07) is 18.8. The van der Waals surface area contributed by atoms with Crippen LogP contribution < -0.4 is 4.90 Å². The van der Waals surface area contributed by atoms with E-state index in [-0.39, 0.29) is 12.1 Å². The highest BCUT2D eigenvalue weighted by Crippen LogP contribution is 2.29. The molecule has 0 aliphatic rings. The maximum Gasteiger partial charge on any atom is 0.416 e. The van der Waals surface area contributed by atoms with Gasteiger partial charge in [0.1, 0.15) is 5.65 Å². The van der Waals surface area contributed by atoms with Crippen LogP contribution in [0.5, 0.6) is 0 Å². The molecule has 4 nitrogen and oxygen atoms in total. The maximum absolute atomic E-state index is 13.2. The zero-order valence-electron chi connectivity index (χ0n) is 15.2. The molecule has 2 aromatic carbocycles. The number of para-hydroxylation sites is 1. The molecule has 0 aliphatic heterocycles. The van der Waals surface area contributed by atoms with Crippen LogP contribution in [0.3, 0.4) is 0 Å². The van der Waals surface area contributed by atoms with Gasteiger partial charge in [-0.25, -0.2) is 4.98 Å². The zero-order chi connectivity index (χ0) is 20.4. The van der Waals surface area contributed by atoms with Crippen LogP contribution in [-0.4, -0.2) is 15.3 Å². The van der Waals surface area contributed by atoms with Crippen molar-refractivity contribution in [2.75, 3.05) is 4.90 Å². The quantitative estimate of drug-likeness (QED) is 0.476. The van der Waals surface area contributed by atoms with E-state index in [0.717, 1.165) is 23.5 Å². The first-order valence-corrected chi connectivity index (χ1v) is 8.88. The molecule has 7 heteroatoms. The molecule has 0 saturated heterocycles. The topological polar surface area (TPSA) is 37.6 Å². The van der Waals surface area contributed by atoms with Gasteiger partial charge in [-0.15, -0.1) is 0 Å². The lowest BCUT2D eigenvalue weighted by atomic mass is 10.1. The average molecular weight is 395 g/mol. The first-order valence-electron chi connectivity index (χ1n) is 8.88. The minimum absolute atomic E-state index is 0.177. The number of imidazole rings is 1. The van der Waals surface area contributed by atoms with Gasteiger partial charge < -0.3 is 9.30 Å². The highest BCUT2D eigenvalue weighted by molar-refractivity contribution is 6.06. The van der Waals surface area contributed by atoms with E-state index in [1.54, 1.807) is 30.5 Å². The van der Waals surface area contributed by atoms with E-state index in [4.69, 9.17) is 0 Å². The summed E-state index contributed by atoms with van der Waals surface area (Å²) in [4.78, 5) is 19.0. The molecule has 0 unspecified atom stereocenters. The van der Waals surface area contributed by atoms with Gasteiger partial charge in [0.25, 0.3) is 5.91 Å². The smallest absolute Gasteiger partial charge is 0.302 e. The van der Waals surface area contributed by atoms with Gasteiger partial charge >= 0.3 is 6.18 Å². The second kappa shape index (κ2) is 7.43. The molecule has 0 atom stereocenters. The summed E-state index contributed by atoms with van der Waals surface area (Å²) in [5, 5.41) is 0. The Hall–Kier alpha value is -3.61. The Morgan fingerprint density at radius 1 is 0.931 bits per heavy atom. The molecular weight excluding hydrogens is 379 g/mol. The monoisotopic (exact) mass is 395 g/mol. The van der Waals surface area contributed by atoms with Crippen LogP contribution in [-0.2, 0) is 12.7 Å². The van der Waals surface area contributed by atoms with Crippen molar-refractivity contribution in [1.29, 1.82) is 0 Å². The third-order valence-electron chi connectivity index (χ3n) is 4.59. The normalized spacial score (nSPS) is 11.6. The number of aromatic nitrogens is 2. The Labute approximate surface area is 164 Å². The predicted octanol–water partition coefficient (Wildman–Crippen LogP) is 5.20. The Morgan fingerprint density at radius 2 is 1.62 bits per heavy atom. The Kier molecular flexibility index (Phi) is 4.80. The van der Waals surface area contributed by atoms with Gasteiger partial charge in [-0.05, 0) is 48.5 Å². The molecule has 2 aromatic heterocycles. The van der Waals surface area contributed by atoms with E-state index >= 15 is 0 Å². The van der Waals surface area contributed by atoms with E-state index in [1.807, 2.05) is 34.9 Å². The number of alkyl halides is 3. The second-order valence-electron chi connectivity index (χ2n) is 6.48. The number of hydrogen-bond donors (Lipinski definition) is 0. The number of pyridine rings is 1. The third-order valence-corrected chi connectivity index (χ3v) is 4.59. The number of benzene rings is 2. The molecule has 0 N–H and O–H groups in total. The Morgan fingerprint density at radius 3 is 2.31 bits per heavy atom. The fraction of sp³-hybridized carbons (Fsp3) is 0.0909. The van der Waals surface area contributed by atoms with Crippen molar-refractivity contribution in [1.82, 2.24) is 9.38 Å². The van der Waals surface area contributed by atoms with Crippen molar-refractivity contribution < 1.29 is 18.0 Å². The van der Waals surface area contributed by atoms with Crippen LogP contribution in [0.25, 0.3) is 5.65 Å². The van der Waals surface area contributed by atoms with Crippen LogP contribution in [0.4, 0.5) is 18.9 Å². The molecule has 0 aliphatic carbocycles. The van der Waals surface area contributed by atoms with Crippen LogP contribution in [0, 0.1) is 0 Å². The summed E-state index contributed by atoms with van der Waals surface area (Å²) in [5.41, 5.74) is 1.56. The van der Waals surface area contributed by atoms with Crippen molar-refractivity contribution >= 4 is 17.2 Å². The van der Waals surface area contributed by atoms with E-state index in [1.165, 1.54) is 17.0 Å². The van der Waals surface area contributed by atoms with Crippen LogP contribution >= 0.6 is 0 Å². The van der Waals surface area contributed by atoms with Crippen LogP contribution in [0.15, 0.2) is 85.2 Å². The number of carbonyl (C=O) groups excluding carboxylic acids is 1. The summed E-state index contributed by atoms with van der Waals surface area (Å²) in [7, 11) is 0. The lowest BCUT2D eigenvalue weighted by Gasteiger charge is -2.23. The first kappa shape index (κ1) is 18.7. The van der Waals surface area contributed by atoms with Gasteiger partial charge in [0, 0.05) is 17.4 Å². The Bertz CT molecular complexity index is 1140. The molecule has 0 fully saturated rings. The number of halogens is 3. The summed E-state index contributed by atoms with van der Waals surface area (Å²) >= 11 is 0. The number of carbonyl (C=O) groups is 1. The van der Waals surface area contributed by atoms with Crippen molar-refractivity contribution in [2.24, 2.45) is 0 Å². The van der Waals surface area contributed by atoms with Crippen molar-refractivity contribution in [3.05, 3.63) is 102 Å². The van der Waals surface area contributed by atoms with Crippen molar-refractivity contribution in [2.45, 2.75) is 12.7 Å². The molecule has 1 amide bonds. The largest absolute Gasteiger partial charge is 0.416 e. The van der Waals surface area contributed by atoms with E-state index in [9.17, 15) is 18.0 Å².